The molecule has 308 valence electrons. The average Bonchev–Trinajstić information content (AvgIpc) is 3.27. The number of nitrogens with zero attached hydrogens (tertiary/aromatic N) is 1. The second-order valence-electron chi connectivity index (χ2n) is 14.5. The maximum absolute atomic E-state index is 13.9. The summed E-state index contributed by atoms with van der Waals surface area (Å²) in [5, 5.41) is 5.56. The Bertz CT molecular complexity index is 2250. The molecule has 4 atom stereocenters. The minimum absolute atomic E-state index is 0.0340. The third kappa shape index (κ3) is 9.99. The van der Waals surface area contributed by atoms with Gasteiger partial charge < -0.3 is 25.0 Å². The predicted octanol–water partition coefficient (Wildman–Crippen LogP) is 8.31. The molecule has 0 bridgehead atoms. The fraction of sp³-hybridized carbons (Fsp3) is 0.239. The average molecular weight is 885 g/mol. The lowest BCUT2D eigenvalue weighted by molar-refractivity contribution is -0.156. The first kappa shape index (κ1) is 42.8. The van der Waals surface area contributed by atoms with Crippen LogP contribution >= 0.6 is 46.6 Å². The Labute approximate surface area is 366 Å². The van der Waals surface area contributed by atoms with E-state index in [0.717, 1.165) is 22.3 Å². The first-order valence-electron chi connectivity index (χ1n) is 19.3. The molecule has 0 aromatic heterocycles. The van der Waals surface area contributed by atoms with Gasteiger partial charge in [0.1, 0.15) is 17.5 Å². The molecule has 2 saturated heterocycles. The fourth-order valence-electron chi connectivity index (χ4n) is 7.12. The summed E-state index contributed by atoms with van der Waals surface area (Å²) >= 11 is 20.6. The van der Waals surface area contributed by atoms with Crippen LogP contribution in [0.2, 0.25) is 10.0 Å². The zero-order valence-corrected chi connectivity index (χ0v) is 35.1. The largest absolute Gasteiger partial charge is 0.451 e. The molecule has 2 fully saturated rings. The zero-order valence-electron chi connectivity index (χ0n) is 32.0. The van der Waals surface area contributed by atoms with Crippen molar-refractivity contribution in [2.24, 2.45) is 0 Å². The molecule has 5 aromatic carbocycles. The quantitative estimate of drug-likeness (QED) is 0.0611. The first-order valence-corrected chi connectivity index (χ1v) is 21.5. The number of hydrogen-bond donors (Lipinski definition) is 2. The van der Waals surface area contributed by atoms with Gasteiger partial charge >= 0.3 is 11.9 Å². The van der Waals surface area contributed by atoms with Crippen molar-refractivity contribution < 1.29 is 33.4 Å². The molecule has 0 saturated carbocycles. The van der Waals surface area contributed by atoms with E-state index < -0.39 is 58.3 Å². The third-order valence-electron chi connectivity index (χ3n) is 10.3. The van der Waals surface area contributed by atoms with Crippen LogP contribution in [0.1, 0.15) is 64.1 Å². The lowest BCUT2D eigenvalue weighted by Crippen LogP contribution is -2.74. The van der Waals surface area contributed by atoms with E-state index in [9.17, 15) is 24.0 Å². The topological polar surface area (TPSA) is 131 Å². The second-order valence-corrected chi connectivity index (χ2v) is 17.1. The number of β-lactam (4-membered cyclic amide) rings is 1. The van der Waals surface area contributed by atoms with Gasteiger partial charge in [0.25, 0.3) is 5.91 Å². The number of rotatable bonds is 15. The third-order valence-corrected chi connectivity index (χ3v) is 12.9. The van der Waals surface area contributed by atoms with Crippen LogP contribution in [-0.2, 0) is 28.7 Å². The summed E-state index contributed by atoms with van der Waals surface area (Å²) in [6, 6.07) is 39.5. The molecule has 14 heteroatoms. The summed E-state index contributed by atoms with van der Waals surface area (Å²) in [5.74, 6) is -2.62. The number of benzene rings is 5. The molecule has 5 aromatic rings. The van der Waals surface area contributed by atoms with Gasteiger partial charge in [0.05, 0.1) is 17.1 Å². The summed E-state index contributed by atoms with van der Waals surface area (Å²) in [5.41, 5.74) is 3.13. The van der Waals surface area contributed by atoms with Crippen molar-refractivity contribution in [3.8, 4) is 0 Å². The van der Waals surface area contributed by atoms with Crippen LogP contribution in [-0.4, -0.2) is 69.2 Å². The predicted molar refractivity (Wildman–Crippen MR) is 232 cm³/mol. The van der Waals surface area contributed by atoms with Gasteiger partial charge in [-0.1, -0.05) is 145 Å². The highest BCUT2D eigenvalue weighted by Crippen LogP contribution is 2.42. The van der Waals surface area contributed by atoms with E-state index in [-0.39, 0.29) is 48.1 Å². The zero-order chi connectivity index (χ0) is 42.2. The Balaban J connectivity index is 0.971. The number of thioether (sulfide) groups is 1. The molecule has 2 aliphatic rings. The number of amides is 3. The Kier molecular flexibility index (Phi) is 13.8. The van der Waals surface area contributed by atoms with Gasteiger partial charge in [0, 0.05) is 17.2 Å². The lowest BCUT2D eigenvalue weighted by atomic mass is 10.00. The van der Waals surface area contributed by atoms with Gasteiger partial charge in [0.15, 0.2) is 17.1 Å². The van der Waals surface area contributed by atoms with Crippen LogP contribution in [0.4, 0.5) is 0 Å². The minimum atomic E-state index is -1.50. The Morgan fingerprint density at radius 2 is 1.27 bits per heavy atom. The first-order chi connectivity index (χ1) is 29.0. The van der Waals surface area contributed by atoms with Crippen LogP contribution in [0, 0.1) is 0 Å². The highest BCUT2D eigenvalue weighted by Gasteiger charge is 2.57. The lowest BCUT2D eigenvalue weighted by Gasteiger charge is -2.52. The number of nitrogens with one attached hydrogen (secondary N) is 2. The van der Waals surface area contributed by atoms with Crippen molar-refractivity contribution in [1.29, 1.82) is 0 Å². The molecule has 3 amide bonds. The van der Waals surface area contributed by atoms with Crippen molar-refractivity contribution in [3.63, 3.8) is 0 Å². The van der Waals surface area contributed by atoms with Crippen molar-refractivity contribution in [3.05, 3.63) is 177 Å². The van der Waals surface area contributed by atoms with Gasteiger partial charge in [-0.3, -0.25) is 19.2 Å². The molecule has 60 heavy (non-hydrogen) atoms. The molecule has 2 aliphatic heterocycles. The highest BCUT2D eigenvalue weighted by molar-refractivity contribution is 8.00. The van der Waals surface area contributed by atoms with Crippen LogP contribution in [0.5, 0.6) is 0 Å². The second kappa shape index (κ2) is 19.4. The van der Waals surface area contributed by atoms with Gasteiger partial charge in [0.2, 0.25) is 11.8 Å². The van der Waals surface area contributed by atoms with Crippen LogP contribution < -0.4 is 10.6 Å². The maximum Gasteiger partial charge on any atom is 0.330 e. The van der Waals surface area contributed by atoms with E-state index in [1.54, 1.807) is 0 Å². The Morgan fingerprint density at radius 1 is 0.750 bits per heavy atom. The number of esters is 2. The molecular weight excluding hydrogens is 845 g/mol. The van der Waals surface area contributed by atoms with Crippen LogP contribution in [0.3, 0.4) is 0 Å². The summed E-state index contributed by atoms with van der Waals surface area (Å²) in [7, 11) is 0. The van der Waals surface area contributed by atoms with E-state index in [1.165, 1.54) is 34.9 Å². The van der Waals surface area contributed by atoms with Gasteiger partial charge in [-0.15, -0.1) is 23.4 Å². The normalized spacial score (nSPS) is 18.8. The van der Waals surface area contributed by atoms with E-state index >= 15 is 0 Å². The van der Waals surface area contributed by atoms with E-state index in [0.29, 0.717) is 5.02 Å². The van der Waals surface area contributed by atoms with Gasteiger partial charge in [-0.05, 0) is 53.3 Å². The van der Waals surface area contributed by atoms with Crippen molar-refractivity contribution in [2.45, 2.75) is 53.8 Å². The number of ether oxygens (including phenoxy) is 2. The molecule has 10 nitrogen and oxygen atoms in total. The smallest absolute Gasteiger partial charge is 0.330 e. The summed E-state index contributed by atoms with van der Waals surface area (Å²) in [4.78, 5) is 67.7. The highest BCUT2D eigenvalue weighted by atomic mass is 35.5. The number of hydrogen-bond acceptors (Lipinski definition) is 8. The molecule has 2 heterocycles. The summed E-state index contributed by atoms with van der Waals surface area (Å²) in [6.07, 6.45) is -1.34. The molecule has 7 rings (SSSR count). The van der Waals surface area contributed by atoms with Gasteiger partial charge in [-0.25, -0.2) is 4.79 Å². The van der Waals surface area contributed by atoms with Crippen LogP contribution in [0.15, 0.2) is 140 Å². The van der Waals surface area contributed by atoms with E-state index in [2.05, 4.69) is 10.6 Å². The molecule has 2 N–H and O–H groups in total. The fourth-order valence-corrected chi connectivity index (χ4v) is 9.35. The molecule has 0 aliphatic carbocycles. The van der Waals surface area contributed by atoms with Crippen molar-refractivity contribution >= 4 is 76.2 Å². The summed E-state index contributed by atoms with van der Waals surface area (Å²) < 4.78 is 12.1. The maximum atomic E-state index is 13.9. The van der Waals surface area contributed by atoms with Crippen molar-refractivity contribution in [1.82, 2.24) is 15.5 Å². The molecule has 0 spiro atoms. The standard InChI is InChI=1S/C46H40Cl3N3O7S/c47-33-24-25-34(35(48)26-33)41(54)50-36(44(56)58-39(29-14-5-1-6-15-29)30-16-7-2-8-17-30)22-13-23-37(53)51-38-42(55)52-27-46(49,28-60-43(38)52)45(57)59-40(31-18-9-3-10-19-31)32-20-11-4-12-21-32/h1-12,14-21,24-26,36,38-40,43H,13,22-23,27-28H2,(H,50,54)(H,51,53)/t36?,38?,43-,46?/m1/s1. The number of carbonyl (C=O) groups excluding carboxylic acids is 5. The number of carbonyl (C=O) groups is 5. The SMILES string of the molecule is O=C(CCCC(NC(=O)c1ccc(Cl)cc1Cl)C(=O)OC(c1ccccc1)c1ccccc1)NC1C(=O)N2CC(Cl)(C(=O)OC(c3ccccc3)c3ccccc3)CS[C@H]12. The van der Waals surface area contributed by atoms with E-state index in [4.69, 9.17) is 44.3 Å². The summed E-state index contributed by atoms with van der Waals surface area (Å²) in [6.45, 7) is -0.0827. The molecule has 3 unspecified atom stereocenters. The van der Waals surface area contributed by atoms with E-state index in [1.807, 2.05) is 121 Å². The number of fused-ring (bicyclic) bond motifs is 1. The minimum Gasteiger partial charge on any atom is -0.451 e. The Hall–Kier alpha value is -5.33. The van der Waals surface area contributed by atoms with Crippen LogP contribution in [0.25, 0.3) is 0 Å². The molecule has 0 radical (unpaired) electrons. The monoisotopic (exact) mass is 883 g/mol. The van der Waals surface area contributed by atoms with Crippen molar-refractivity contribution in [2.75, 3.05) is 12.3 Å². The molecular formula is C46H40Cl3N3O7S. The Morgan fingerprint density at radius 3 is 1.78 bits per heavy atom. The number of alkyl halides is 1. The number of halogens is 3. The van der Waals surface area contributed by atoms with Gasteiger partial charge in [-0.2, -0.15) is 0 Å².